The number of anilines is 3. The smallest absolute Gasteiger partial charge is 0.0547 e. The second-order valence-electron chi connectivity index (χ2n) is 13.4. The fourth-order valence-corrected chi connectivity index (χ4v) is 7.82. The van der Waals surface area contributed by atoms with Crippen molar-refractivity contribution < 1.29 is 0 Å². The summed E-state index contributed by atoms with van der Waals surface area (Å²) in [5.41, 5.74) is 14.2. The van der Waals surface area contributed by atoms with E-state index in [2.05, 4.69) is 216 Å². The van der Waals surface area contributed by atoms with Crippen LogP contribution in [-0.2, 0) is 0 Å². The molecule has 0 amide bonds. The fraction of sp³-hybridized carbons (Fsp3) is 0. The van der Waals surface area contributed by atoms with Crippen LogP contribution in [0.5, 0.6) is 0 Å². The van der Waals surface area contributed by atoms with Crippen molar-refractivity contribution in [2.45, 2.75) is 0 Å². The zero-order valence-electron chi connectivity index (χ0n) is 28.5. The molecular weight excluding hydrogens is 629 g/mol. The maximum absolute atomic E-state index is 2.40. The summed E-state index contributed by atoms with van der Waals surface area (Å²) in [7, 11) is 0. The Hall–Kier alpha value is -6.90. The van der Waals surface area contributed by atoms with E-state index in [9.17, 15) is 0 Å². The molecule has 0 bridgehead atoms. The van der Waals surface area contributed by atoms with Crippen LogP contribution < -0.4 is 4.90 Å². The highest BCUT2D eigenvalue weighted by atomic mass is 15.1. The quantitative estimate of drug-likeness (QED) is 0.154. The summed E-state index contributed by atoms with van der Waals surface area (Å²) in [4.78, 5) is 2.34. The van der Waals surface area contributed by atoms with Crippen LogP contribution in [0.3, 0.4) is 0 Å². The molecule has 9 aromatic carbocycles. The van der Waals surface area contributed by atoms with Gasteiger partial charge in [0.05, 0.1) is 11.0 Å². The lowest BCUT2D eigenvalue weighted by atomic mass is 10.0. The topological polar surface area (TPSA) is 8.17 Å². The molecular formula is C50H34N2. The normalized spacial score (nSPS) is 11.5. The Labute approximate surface area is 303 Å². The van der Waals surface area contributed by atoms with E-state index < -0.39 is 0 Å². The summed E-state index contributed by atoms with van der Waals surface area (Å²) < 4.78 is 2.40. The standard InChI is InChI=1S/C50H34N2/c1-3-9-35(10-4-1)37-19-27-43(28-20-37)51(44-29-21-38(22-30-44)36-11-5-2-6-12-36)45-31-23-39(24-32-45)40-25-33-46(34-26-40)52-47-15-7-13-41-17-18-42-14-8-16-48(52)50(42)49(41)47/h1-34H. The van der Waals surface area contributed by atoms with Gasteiger partial charge < -0.3 is 9.47 Å². The van der Waals surface area contributed by atoms with Gasteiger partial charge in [-0.25, -0.2) is 0 Å². The van der Waals surface area contributed by atoms with Gasteiger partial charge in [-0.3, -0.25) is 0 Å². The Morgan fingerprint density at radius 1 is 0.269 bits per heavy atom. The monoisotopic (exact) mass is 662 g/mol. The molecule has 0 unspecified atom stereocenters. The Bertz CT molecular complexity index is 2630. The second-order valence-corrected chi connectivity index (χ2v) is 13.4. The van der Waals surface area contributed by atoms with Gasteiger partial charge in [-0.1, -0.05) is 146 Å². The summed E-state index contributed by atoms with van der Waals surface area (Å²) in [6, 6.07) is 74.5. The average molecular weight is 663 g/mol. The largest absolute Gasteiger partial charge is 0.311 e. The first-order valence-electron chi connectivity index (χ1n) is 17.8. The Balaban J connectivity index is 0.997. The molecule has 52 heavy (non-hydrogen) atoms. The summed E-state index contributed by atoms with van der Waals surface area (Å²) in [6.45, 7) is 0. The zero-order chi connectivity index (χ0) is 34.4. The first-order valence-corrected chi connectivity index (χ1v) is 17.8. The predicted molar refractivity (Wildman–Crippen MR) is 220 cm³/mol. The molecule has 2 heteroatoms. The fourth-order valence-electron chi connectivity index (χ4n) is 7.82. The van der Waals surface area contributed by atoms with Crippen LogP contribution in [0.4, 0.5) is 17.1 Å². The molecule has 0 fully saturated rings. The van der Waals surface area contributed by atoms with Crippen molar-refractivity contribution in [2.75, 3.05) is 4.90 Å². The van der Waals surface area contributed by atoms with Crippen LogP contribution in [0.15, 0.2) is 206 Å². The number of benzene rings is 9. The van der Waals surface area contributed by atoms with Gasteiger partial charge in [0.2, 0.25) is 0 Å². The highest BCUT2D eigenvalue weighted by Crippen LogP contribution is 2.40. The molecule has 10 aromatic rings. The second kappa shape index (κ2) is 12.5. The maximum atomic E-state index is 2.40. The van der Waals surface area contributed by atoms with Gasteiger partial charge in [-0.05, 0) is 105 Å². The lowest BCUT2D eigenvalue weighted by Gasteiger charge is -2.26. The highest BCUT2D eigenvalue weighted by Gasteiger charge is 2.17. The van der Waals surface area contributed by atoms with Crippen molar-refractivity contribution in [1.29, 1.82) is 0 Å². The van der Waals surface area contributed by atoms with Crippen molar-refractivity contribution in [3.05, 3.63) is 206 Å². The molecule has 1 heterocycles. The van der Waals surface area contributed by atoms with Crippen LogP contribution in [0, 0.1) is 0 Å². The van der Waals surface area contributed by atoms with Crippen LogP contribution in [0.2, 0.25) is 0 Å². The molecule has 0 aliphatic heterocycles. The van der Waals surface area contributed by atoms with Crippen LogP contribution in [0.25, 0.3) is 71.6 Å². The molecule has 0 aliphatic rings. The molecule has 0 atom stereocenters. The molecule has 0 aliphatic carbocycles. The Morgan fingerprint density at radius 3 is 1.00 bits per heavy atom. The van der Waals surface area contributed by atoms with Gasteiger partial charge in [0.1, 0.15) is 0 Å². The van der Waals surface area contributed by atoms with Crippen LogP contribution >= 0.6 is 0 Å². The first-order chi connectivity index (χ1) is 25.8. The highest BCUT2D eigenvalue weighted by molar-refractivity contribution is 6.24. The third kappa shape index (κ3) is 5.12. The van der Waals surface area contributed by atoms with E-state index in [0.29, 0.717) is 0 Å². The van der Waals surface area contributed by atoms with Gasteiger partial charge in [-0.15, -0.1) is 0 Å². The molecule has 1 aromatic heterocycles. The molecule has 0 saturated heterocycles. The SMILES string of the molecule is c1ccc(-c2ccc(N(c3ccc(-c4ccccc4)cc3)c3ccc(-c4ccc(-n5c6cccc7ccc8cccc5c8c76)cc4)cc3)cc2)cc1. The molecule has 2 nitrogen and oxygen atoms in total. The maximum Gasteiger partial charge on any atom is 0.0547 e. The predicted octanol–water partition coefficient (Wildman–Crippen LogP) is 13.8. The van der Waals surface area contributed by atoms with E-state index >= 15 is 0 Å². The van der Waals surface area contributed by atoms with E-state index in [1.165, 1.54) is 71.6 Å². The first kappa shape index (κ1) is 30.0. The average Bonchev–Trinajstić information content (AvgIpc) is 3.57. The Kier molecular flexibility index (Phi) is 7.18. The van der Waals surface area contributed by atoms with Crippen molar-refractivity contribution in [2.24, 2.45) is 0 Å². The van der Waals surface area contributed by atoms with Crippen molar-refractivity contribution in [3.8, 4) is 39.1 Å². The van der Waals surface area contributed by atoms with Gasteiger partial charge >= 0.3 is 0 Å². The van der Waals surface area contributed by atoms with Crippen molar-refractivity contribution >= 4 is 49.6 Å². The minimum atomic E-state index is 1.11. The molecule has 0 radical (unpaired) electrons. The minimum absolute atomic E-state index is 1.11. The molecule has 0 N–H and O–H groups in total. The van der Waals surface area contributed by atoms with E-state index in [-0.39, 0.29) is 0 Å². The third-order valence-electron chi connectivity index (χ3n) is 10.4. The number of aromatic nitrogens is 1. The zero-order valence-corrected chi connectivity index (χ0v) is 28.5. The van der Waals surface area contributed by atoms with E-state index in [1.807, 2.05) is 0 Å². The summed E-state index contributed by atoms with van der Waals surface area (Å²) >= 11 is 0. The van der Waals surface area contributed by atoms with E-state index in [0.717, 1.165) is 17.1 Å². The molecule has 10 rings (SSSR count). The van der Waals surface area contributed by atoms with Gasteiger partial charge in [0.15, 0.2) is 0 Å². The lowest BCUT2D eigenvalue weighted by Crippen LogP contribution is -2.09. The molecule has 244 valence electrons. The van der Waals surface area contributed by atoms with Crippen LogP contribution in [0.1, 0.15) is 0 Å². The lowest BCUT2D eigenvalue weighted by molar-refractivity contribution is 1.18. The van der Waals surface area contributed by atoms with Crippen molar-refractivity contribution in [1.82, 2.24) is 4.57 Å². The third-order valence-corrected chi connectivity index (χ3v) is 10.4. The van der Waals surface area contributed by atoms with Gasteiger partial charge in [-0.2, -0.15) is 0 Å². The number of hydrogen-bond donors (Lipinski definition) is 0. The molecule has 0 spiro atoms. The number of nitrogens with zero attached hydrogens (tertiary/aromatic N) is 2. The van der Waals surface area contributed by atoms with Crippen molar-refractivity contribution in [3.63, 3.8) is 0 Å². The number of hydrogen-bond acceptors (Lipinski definition) is 1. The number of rotatable bonds is 7. The van der Waals surface area contributed by atoms with E-state index in [1.54, 1.807) is 0 Å². The van der Waals surface area contributed by atoms with E-state index in [4.69, 9.17) is 0 Å². The minimum Gasteiger partial charge on any atom is -0.311 e. The van der Waals surface area contributed by atoms with Crippen LogP contribution in [-0.4, -0.2) is 4.57 Å². The summed E-state index contributed by atoms with van der Waals surface area (Å²) in [5, 5.41) is 5.24. The summed E-state index contributed by atoms with van der Waals surface area (Å²) in [5.74, 6) is 0. The van der Waals surface area contributed by atoms with Gasteiger partial charge in [0, 0.05) is 33.5 Å². The van der Waals surface area contributed by atoms with Gasteiger partial charge in [0.25, 0.3) is 0 Å². The Morgan fingerprint density at radius 2 is 0.615 bits per heavy atom. The molecule has 0 saturated carbocycles. The summed E-state index contributed by atoms with van der Waals surface area (Å²) in [6.07, 6.45) is 0.